The highest BCUT2D eigenvalue weighted by molar-refractivity contribution is 7.98. The second kappa shape index (κ2) is 6.12. The number of aliphatic carboxylic acids is 1. The number of tetrazole rings is 1. The van der Waals surface area contributed by atoms with Crippen molar-refractivity contribution in [1.29, 1.82) is 5.26 Å². The summed E-state index contributed by atoms with van der Waals surface area (Å²) in [5.41, 5.74) is 0.298. The van der Waals surface area contributed by atoms with Gasteiger partial charge in [0.15, 0.2) is 0 Å². The molecule has 0 aliphatic heterocycles. The number of carbonyl (C=O) groups is 1. The summed E-state index contributed by atoms with van der Waals surface area (Å²) >= 11 is 1.10. The summed E-state index contributed by atoms with van der Waals surface area (Å²) in [5, 5.41) is 28.3. The van der Waals surface area contributed by atoms with Crippen LogP contribution in [0.25, 0.3) is 0 Å². The van der Waals surface area contributed by atoms with Crippen LogP contribution in [0.4, 0.5) is 4.39 Å². The molecule has 1 heterocycles. The summed E-state index contributed by atoms with van der Waals surface area (Å²) in [4.78, 5) is 10.6. The lowest BCUT2D eigenvalue weighted by Crippen LogP contribution is -2.11. The highest BCUT2D eigenvalue weighted by Crippen LogP contribution is 2.23. The molecule has 9 heteroatoms. The molecule has 0 aliphatic carbocycles. The maximum Gasteiger partial charge on any atom is 0.325 e. The predicted octanol–water partition coefficient (Wildman–Crippen LogP) is 1.06. The van der Waals surface area contributed by atoms with Gasteiger partial charge in [0.25, 0.3) is 0 Å². The minimum absolute atomic E-state index is 0.0340. The van der Waals surface area contributed by atoms with Crippen molar-refractivity contribution in [1.82, 2.24) is 20.2 Å². The number of nitrogens with zero attached hydrogens (tertiary/aromatic N) is 5. The molecule has 0 fully saturated rings. The van der Waals surface area contributed by atoms with Crippen LogP contribution in [0.3, 0.4) is 0 Å². The third-order valence-corrected chi connectivity index (χ3v) is 3.35. The number of aromatic nitrogens is 4. The largest absolute Gasteiger partial charge is 0.480 e. The van der Waals surface area contributed by atoms with Crippen molar-refractivity contribution in [2.45, 2.75) is 17.5 Å². The number of rotatable bonds is 5. The average Bonchev–Trinajstić information content (AvgIpc) is 2.84. The zero-order chi connectivity index (χ0) is 14.5. The first-order chi connectivity index (χ1) is 9.61. The molecule has 0 unspecified atom stereocenters. The first-order valence-corrected chi connectivity index (χ1v) is 6.38. The molecule has 1 aromatic carbocycles. The molecule has 0 radical (unpaired) electrons. The first-order valence-electron chi connectivity index (χ1n) is 5.40. The normalized spacial score (nSPS) is 10.2. The number of hydrogen-bond donors (Lipinski definition) is 1. The maximum absolute atomic E-state index is 13.8. The Morgan fingerprint density at radius 3 is 3.05 bits per heavy atom. The number of hydrogen-bond acceptors (Lipinski definition) is 6. The highest BCUT2D eigenvalue weighted by atomic mass is 32.2. The second-order valence-electron chi connectivity index (χ2n) is 3.69. The van der Waals surface area contributed by atoms with Crippen LogP contribution >= 0.6 is 11.8 Å². The number of carboxylic acids is 1. The van der Waals surface area contributed by atoms with Gasteiger partial charge < -0.3 is 5.11 Å². The van der Waals surface area contributed by atoms with E-state index in [1.165, 1.54) is 6.07 Å². The fourth-order valence-electron chi connectivity index (χ4n) is 1.45. The van der Waals surface area contributed by atoms with Gasteiger partial charge in [-0.15, -0.1) is 5.10 Å². The van der Waals surface area contributed by atoms with Crippen LogP contribution < -0.4 is 0 Å². The minimum Gasteiger partial charge on any atom is -0.480 e. The van der Waals surface area contributed by atoms with Crippen molar-refractivity contribution in [2.24, 2.45) is 0 Å². The molecule has 0 saturated heterocycles. The standard InChI is InChI=1S/C11H8FN5O2S/c12-10-7(4-13)2-1-3-8(10)6-20-11-14-15-16-17(11)5-9(18)19/h1-3H,5-6H2,(H,18,19). The molecule has 1 aromatic heterocycles. The van der Waals surface area contributed by atoms with Gasteiger partial charge in [0.05, 0.1) is 5.56 Å². The topological polar surface area (TPSA) is 105 Å². The Kier molecular flexibility index (Phi) is 4.27. The summed E-state index contributed by atoms with van der Waals surface area (Å²) in [6, 6.07) is 6.28. The van der Waals surface area contributed by atoms with E-state index in [4.69, 9.17) is 10.4 Å². The van der Waals surface area contributed by atoms with Gasteiger partial charge in [-0.1, -0.05) is 23.9 Å². The Bertz CT molecular complexity index is 682. The summed E-state index contributed by atoms with van der Waals surface area (Å²) < 4.78 is 14.9. The van der Waals surface area contributed by atoms with E-state index in [9.17, 15) is 9.18 Å². The molecule has 0 bridgehead atoms. The maximum atomic E-state index is 13.8. The minimum atomic E-state index is -1.07. The van der Waals surface area contributed by atoms with Gasteiger partial charge in [0.2, 0.25) is 5.16 Å². The molecule has 1 N–H and O–H groups in total. The van der Waals surface area contributed by atoms with E-state index in [0.717, 1.165) is 16.4 Å². The molecule has 7 nitrogen and oxygen atoms in total. The van der Waals surface area contributed by atoms with Crippen LogP contribution in [-0.2, 0) is 17.1 Å². The van der Waals surface area contributed by atoms with Gasteiger partial charge in [-0.3, -0.25) is 4.79 Å². The SMILES string of the molecule is N#Cc1cccc(CSc2nnnn2CC(=O)O)c1F. The van der Waals surface area contributed by atoms with Gasteiger partial charge in [0, 0.05) is 5.75 Å². The van der Waals surface area contributed by atoms with E-state index in [2.05, 4.69) is 15.5 Å². The smallest absolute Gasteiger partial charge is 0.325 e. The van der Waals surface area contributed by atoms with Crippen molar-refractivity contribution < 1.29 is 14.3 Å². The summed E-state index contributed by atoms with van der Waals surface area (Å²) in [7, 11) is 0. The molecule has 102 valence electrons. The van der Waals surface area contributed by atoms with E-state index >= 15 is 0 Å². The van der Waals surface area contributed by atoms with Crippen LogP contribution in [-0.4, -0.2) is 31.3 Å². The first kappa shape index (κ1) is 14.0. The molecular weight excluding hydrogens is 285 g/mol. The monoisotopic (exact) mass is 293 g/mol. The fraction of sp³-hybridized carbons (Fsp3) is 0.182. The molecule has 20 heavy (non-hydrogen) atoms. The molecule has 0 aliphatic rings. The Hall–Kier alpha value is -2.47. The van der Waals surface area contributed by atoms with Crippen LogP contribution in [0.15, 0.2) is 23.4 Å². The third-order valence-electron chi connectivity index (χ3n) is 2.34. The molecule has 0 saturated carbocycles. The average molecular weight is 293 g/mol. The van der Waals surface area contributed by atoms with Gasteiger partial charge in [-0.2, -0.15) is 5.26 Å². The molecule has 0 amide bonds. The zero-order valence-electron chi connectivity index (χ0n) is 10.0. The third kappa shape index (κ3) is 3.10. The van der Waals surface area contributed by atoms with Crippen molar-refractivity contribution in [2.75, 3.05) is 0 Å². The van der Waals surface area contributed by atoms with E-state index in [1.807, 2.05) is 0 Å². The van der Waals surface area contributed by atoms with Gasteiger partial charge >= 0.3 is 5.97 Å². The number of thioether (sulfide) groups is 1. The number of nitriles is 1. The van der Waals surface area contributed by atoms with E-state index in [-0.39, 0.29) is 23.0 Å². The lowest BCUT2D eigenvalue weighted by Gasteiger charge is -2.04. The molecule has 2 rings (SSSR count). The number of benzene rings is 1. The summed E-state index contributed by atoms with van der Waals surface area (Å²) in [5.74, 6) is -1.46. The van der Waals surface area contributed by atoms with Crippen LogP contribution in [0, 0.1) is 17.1 Å². The van der Waals surface area contributed by atoms with E-state index < -0.39 is 11.8 Å². The molecular formula is C11H8FN5O2S. The van der Waals surface area contributed by atoms with E-state index in [0.29, 0.717) is 5.56 Å². The highest BCUT2D eigenvalue weighted by Gasteiger charge is 2.13. The Labute approximate surface area is 117 Å². The Morgan fingerprint density at radius 2 is 2.35 bits per heavy atom. The van der Waals surface area contributed by atoms with Crippen molar-refractivity contribution >= 4 is 17.7 Å². The molecule has 2 aromatic rings. The van der Waals surface area contributed by atoms with Gasteiger partial charge in [0.1, 0.15) is 18.4 Å². The van der Waals surface area contributed by atoms with Crippen LogP contribution in [0.2, 0.25) is 0 Å². The van der Waals surface area contributed by atoms with Crippen molar-refractivity contribution in [3.63, 3.8) is 0 Å². The molecule has 0 spiro atoms. The summed E-state index contributed by atoms with van der Waals surface area (Å²) in [6.07, 6.45) is 0. The van der Waals surface area contributed by atoms with Crippen LogP contribution in [0.1, 0.15) is 11.1 Å². The van der Waals surface area contributed by atoms with Crippen molar-refractivity contribution in [3.05, 3.63) is 35.1 Å². The van der Waals surface area contributed by atoms with E-state index in [1.54, 1.807) is 18.2 Å². The Balaban J connectivity index is 2.12. The van der Waals surface area contributed by atoms with Gasteiger partial charge in [-0.05, 0) is 22.1 Å². The van der Waals surface area contributed by atoms with Crippen molar-refractivity contribution in [3.8, 4) is 6.07 Å². The summed E-state index contributed by atoms with van der Waals surface area (Å²) in [6.45, 7) is -0.365. The Morgan fingerprint density at radius 1 is 1.55 bits per heavy atom. The van der Waals surface area contributed by atoms with Gasteiger partial charge in [-0.25, -0.2) is 9.07 Å². The predicted molar refractivity (Wildman–Crippen MR) is 66.1 cm³/mol. The fourth-order valence-corrected chi connectivity index (χ4v) is 2.30. The quantitative estimate of drug-likeness (QED) is 0.822. The lowest BCUT2D eigenvalue weighted by molar-refractivity contribution is -0.138. The zero-order valence-corrected chi connectivity index (χ0v) is 10.8. The lowest BCUT2D eigenvalue weighted by atomic mass is 10.1. The number of halogens is 1. The number of carboxylic acid groups (broad SMARTS) is 1. The molecule has 0 atom stereocenters. The second-order valence-corrected chi connectivity index (χ2v) is 4.63. The van der Waals surface area contributed by atoms with Crippen LogP contribution in [0.5, 0.6) is 0 Å².